The van der Waals surface area contributed by atoms with Gasteiger partial charge in [-0.15, -0.1) is 0 Å². The molecule has 18 nitrogen and oxygen atoms in total. The van der Waals surface area contributed by atoms with E-state index in [0.29, 0.717) is 22.3 Å². The summed E-state index contributed by atoms with van der Waals surface area (Å²) in [6.07, 6.45) is -5.24. The van der Waals surface area contributed by atoms with E-state index in [4.69, 9.17) is 51.6 Å². The highest BCUT2D eigenvalue weighted by Crippen LogP contribution is 2.45. The van der Waals surface area contributed by atoms with Crippen LogP contribution in [-0.4, -0.2) is 150 Å². The number of hydrogen-bond donors (Lipinski definition) is 4. The number of aldehydes is 1. The lowest BCUT2D eigenvalue weighted by atomic mass is 10.00. The van der Waals surface area contributed by atoms with Crippen molar-refractivity contribution in [2.45, 2.75) is 217 Å². The molecule has 2 unspecified atom stereocenters. The van der Waals surface area contributed by atoms with Gasteiger partial charge in [-0.2, -0.15) is 0 Å². The minimum absolute atomic E-state index is 0.415. The van der Waals surface area contributed by atoms with E-state index < -0.39 is 150 Å². The highest BCUT2D eigenvalue weighted by molar-refractivity contribution is 9.10. The van der Waals surface area contributed by atoms with E-state index in [-0.39, 0.29) is 0 Å². The number of carbonyl (C=O) groups excluding carboxylic acids is 5. The maximum atomic E-state index is 13.9. The van der Waals surface area contributed by atoms with Gasteiger partial charge in [0.15, 0.2) is 4.84 Å². The Kier molecular flexibility index (Phi) is 28.0. The van der Waals surface area contributed by atoms with Gasteiger partial charge in [-0.3, -0.25) is 24.3 Å². The molecule has 3 saturated heterocycles. The van der Waals surface area contributed by atoms with E-state index in [1.54, 1.807) is 190 Å². The summed E-state index contributed by atoms with van der Waals surface area (Å²) >= 11 is 14.1. The first-order chi connectivity index (χ1) is 42.5. The number of amides is 4. The van der Waals surface area contributed by atoms with E-state index >= 15 is 0 Å². The number of ether oxygens (including phenoxy) is 6. The fourth-order valence-electron chi connectivity index (χ4n) is 10.3. The second-order valence-corrected chi connectivity index (χ2v) is 28.7. The SMILES string of the molecule is CC(C)(C)OC(=O)N1[C@H](CF)[C@@H](c2ccc(Br)cc2)OC1(C)C.CC(C)(C)OC(=O)N1[C@H](CF)[C@@H](c2ccc(C=O)cc2)OC1(C)C.CC(O)c1ccc([C@@H](O)[C@@H](CF)NC(=O)C(Cl)Cl)cc1.CC(O)c1ccc([C@H]2OC(C)(C)N(C(=O)OC(C)(C)C)[C@@H]2CF)cc1. The average molecular weight is 1400 g/mol. The first-order valence-electron chi connectivity index (χ1n) is 29.9. The van der Waals surface area contributed by atoms with E-state index in [2.05, 4.69) is 21.2 Å². The predicted molar refractivity (Wildman–Crippen MR) is 346 cm³/mol. The molecule has 512 valence electrons. The molecule has 92 heavy (non-hydrogen) atoms. The summed E-state index contributed by atoms with van der Waals surface area (Å²) in [5, 5.41) is 31.3. The van der Waals surface area contributed by atoms with Crippen molar-refractivity contribution in [2.24, 2.45) is 0 Å². The molecule has 0 radical (unpaired) electrons. The van der Waals surface area contributed by atoms with Gasteiger partial charge < -0.3 is 49.1 Å². The number of benzene rings is 4. The molecule has 0 bridgehead atoms. The van der Waals surface area contributed by atoms with Crippen molar-refractivity contribution < 1.29 is 85.3 Å². The molecular formula is C67H91BrCl2F4N4O14. The second kappa shape index (κ2) is 32.7. The van der Waals surface area contributed by atoms with Crippen molar-refractivity contribution in [1.29, 1.82) is 0 Å². The summed E-state index contributed by atoms with van der Waals surface area (Å²) in [4.78, 5) is 62.4. The molecule has 4 amide bonds. The van der Waals surface area contributed by atoms with Gasteiger partial charge in [0, 0.05) is 10.0 Å². The summed E-state index contributed by atoms with van der Waals surface area (Å²) in [6, 6.07) is 24.3. The van der Waals surface area contributed by atoms with E-state index in [9.17, 15) is 56.9 Å². The van der Waals surface area contributed by atoms with E-state index in [1.165, 1.54) is 14.7 Å². The molecule has 10 atom stereocenters. The van der Waals surface area contributed by atoms with Crippen molar-refractivity contribution in [1.82, 2.24) is 20.0 Å². The molecule has 4 aromatic rings. The minimum atomic E-state index is -1.33. The Labute approximate surface area is 556 Å². The predicted octanol–water partition coefficient (Wildman–Crippen LogP) is 14.9. The Morgan fingerprint density at radius 3 is 1.09 bits per heavy atom. The van der Waals surface area contributed by atoms with Gasteiger partial charge in [-0.1, -0.05) is 124 Å². The third kappa shape index (κ3) is 21.7. The van der Waals surface area contributed by atoms with Crippen LogP contribution in [0, 0.1) is 0 Å². The zero-order chi connectivity index (χ0) is 69.8. The molecule has 3 heterocycles. The highest BCUT2D eigenvalue weighted by Gasteiger charge is 2.54. The largest absolute Gasteiger partial charge is 0.444 e. The van der Waals surface area contributed by atoms with Crippen molar-refractivity contribution >= 4 is 69.6 Å². The van der Waals surface area contributed by atoms with E-state index in [1.807, 2.05) is 24.3 Å². The standard InChI is InChI=1S/C19H28FNO4.C18H24FNO4.C17H23BrFNO3.C13H16Cl2FNO3/c1-12(22)13-7-9-14(10-8-13)16-15(11-20)21(19(5,6)24-16)17(23)25-18(2,3)4;1-17(2,3)24-16(22)20-14(10-19)15(23-18(20,4)5)13-8-6-12(11-21)7-9-13;1-16(2,3)23-15(21)20-13(10-19)14(22-17(20,4)5)11-6-8-12(18)9-7-11;1-7(18)8-2-4-9(5-3-8)11(19)10(6-16)17-13(20)12(14)15/h7-10,12,15-16,22H,11H2,1-6H3;6-9,11,14-15H,10H2,1-5H3;6-9,13-14H,10H2,1-5H3;2-5,7,10-12,18-19H,6H2,1H3,(H,17,20)/t12?,15-,16-;14-,15-;13-,14-;7?,10-,11-/m1111/s1. The monoisotopic (exact) mass is 1400 g/mol. The maximum absolute atomic E-state index is 13.9. The molecule has 3 aliphatic rings. The van der Waals surface area contributed by atoms with Gasteiger partial charge in [0.2, 0.25) is 0 Å². The smallest absolute Gasteiger partial charge is 0.413 e. The number of alkyl halides is 6. The van der Waals surface area contributed by atoms with Crippen LogP contribution in [0.2, 0.25) is 0 Å². The van der Waals surface area contributed by atoms with Crippen LogP contribution >= 0.6 is 39.1 Å². The molecule has 25 heteroatoms. The number of rotatable bonds is 14. The topological polar surface area (TPSA) is 223 Å². The fourth-order valence-corrected chi connectivity index (χ4v) is 10.7. The molecule has 7 rings (SSSR count). The zero-order valence-corrected chi connectivity index (χ0v) is 58.4. The summed E-state index contributed by atoms with van der Waals surface area (Å²) in [5.74, 6) is -0.768. The summed E-state index contributed by atoms with van der Waals surface area (Å²) in [5.41, 5.74) is -0.285. The zero-order valence-electron chi connectivity index (χ0n) is 55.3. The Balaban J connectivity index is 0.000000262. The normalized spacial score (nSPS) is 22.0. The third-order valence-corrected chi connectivity index (χ3v) is 15.4. The number of aliphatic hydroxyl groups excluding tert-OH is 3. The van der Waals surface area contributed by atoms with Crippen molar-refractivity contribution in [3.05, 3.63) is 140 Å². The fraction of sp³-hybridized carbons (Fsp3) is 0.567. The molecule has 3 aliphatic heterocycles. The number of hydrogen-bond acceptors (Lipinski definition) is 14. The van der Waals surface area contributed by atoms with Crippen LogP contribution in [0.4, 0.5) is 31.9 Å². The molecular weight excluding hydrogens is 1310 g/mol. The number of nitrogens with one attached hydrogen (secondary N) is 1. The number of halogens is 7. The Hall–Kier alpha value is -5.63. The van der Waals surface area contributed by atoms with E-state index in [0.717, 1.165) is 27.4 Å². The maximum Gasteiger partial charge on any atom is 0.413 e. The third-order valence-electron chi connectivity index (χ3n) is 14.5. The van der Waals surface area contributed by atoms with Gasteiger partial charge in [0.1, 0.15) is 91.4 Å². The van der Waals surface area contributed by atoms with Crippen LogP contribution in [0.1, 0.15) is 198 Å². The van der Waals surface area contributed by atoms with Gasteiger partial charge in [-0.25, -0.2) is 31.9 Å². The summed E-state index contributed by atoms with van der Waals surface area (Å²) in [6.45, 7) is 26.4. The van der Waals surface area contributed by atoms with Crippen LogP contribution in [0.15, 0.2) is 102 Å². The first-order valence-corrected chi connectivity index (χ1v) is 31.6. The quantitative estimate of drug-likeness (QED) is 0.0399. The van der Waals surface area contributed by atoms with Crippen molar-refractivity contribution in [3.63, 3.8) is 0 Å². The molecule has 0 aromatic heterocycles. The average Bonchev–Trinajstić information content (AvgIpc) is 1.63. The lowest BCUT2D eigenvalue weighted by Crippen LogP contribution is -2.50. The van der Waals surface area contributed by atoms with Crippen LogP contribution < -0.4 is 5.32 Å². The molecule has 4 N–H and O–H groups in total. The summed E-state index contributed by atoms with van der Waals surface area (Å²) in [7, 11) is 0. The van der Waals surface area contributed by atoms with Gasteiger partial charge in [-0.05, 0) is 163 Å². The highest BCUT2D eigenvalue weighted by atomic mass is 79.9. The van der Waals surface area contributed by atoms with Crippen molar-refractivity contribution in [3.8, 4) is 0 Å². The molecule has 0 saturated carbocycles. The lowest BCUT2D eigenvalue weighted by Gasteiger charge is -2.34. The minimum Gasteiger partial charge on any atom is -0.444 e. The van der Waals surface area contributed by atoms with Crippen LogP contribution in [0.3, 0.4) is 0 Å². The van der Waals surface area contributed by atoms with Gasteiger partial charge >= 0.3 is 18.3 Å². The number of carbonyl (C=O) groups is 5. The Morgan fingerprint density at radius 2 is 0.826 bits per heavy atom. The summed E-state index contributed by atoms with van der Waals surface area (Å²) < 4.78 is 89.5. The van der Waals surface area contributed by atoms with Crippen LogP contribution in [0.25, 0.3) is 0 Å². The van der Waals surface area contributed by atoms with Gasteiger partial charge in [0.25, 0.3) is 5.91 Å². The number of aliphatic hydroxyl groups is 3. The van der Waals surface area contributed by atoms with Gasteiger partial charge in [0.05, 0.1) is 36.4 Å². The second-order valence-electron chi connectivity index (χ2n) is 26.7. The van der Waals surface area contributed by atoms with Crippen LogP contribution in [-0.2, 0) is 33.2 Å². The van der Waals surface area contributed by atoms with Crippen molar-refractivity contribution in [2.75, 3.05) is 26.7 Å². The number of nitrogens with zero attached hydrogens (tertiary/aromatic N) is 3. The Bertz CT molecular complexity index is 3040. The Morgan fingerprint density at radius 1 is 0.543 bits per heavy atom. The molecule has 3 fully saturated rings. The molecule has 4 aromatic carbocycles. The first kappa shape index (κ1) is 78.8. The van der Waals surface area contributed by atoms with Crippen LogP contribution in [0.5, 0.6) is 0 Å². The molecule has 0 spiro atoms. The lowest BCUT2D eigenvalue weighted by molar-refractivity contribution is -0.121. The molecule has 0 aliphatic carbocycles.